The Morgan fingerprint density at radius 1 is 1.09 bits per heavy atom. The molecule has 0 aliphatic rings. The number of benzene rings is 3. The number of nitro groups is 1. The molecule has 33 heavy (non-hydrogen) atoms. The maximum atomic E-state index is 12.6. The monoisotopic (exact) mass is 488 g/mol. The van der Waals surface area contributed by atoms with Crippen molar-refractivity contribution in [3.63, 3.8) is 0 Å². The van der Waals surface area contributed by atoms with Crippen molar-refractivity contribution >= 4 is 50.9 Å². The Hall–Kier alpha value is -3.96. The first kappa shape index (κ1) is 23.7. The predicted octanol–water partition coefficient (Wildman–Crippen LogP) is 4.28. The van der Waals surface area contributed by atoms with Crippen LogP contribution in [-0.4, -0.2) is 32.6 Å². The minimum Gasteiger partial charge on any atom is -0.465 e. The number of anilines is 2. The summed E-state index contributed by atoms with van der Waals surface area (Å²) >= 11 is 5.79. The molecular weight excluding hydrogens is 472 g/mol. The maximum absolute atomic E-state index is 12.6. The van der Waals surface area contributed by atoms with Gasteiger partial charge in [0, 0.05) is 16.8 Å². The summed E-state index contributed by atoms with van der Waals surface area (Å²) in [5, 5.41) is 15.9. The second-order valence-corrected chi connectivity index (χ2v) is 8.65. The van der Waals surface area contributed by atoms with Crippen LogP contribution < -0.4 is 10.1 Å². The van der Waals surface area contributed by atoms with Crippen molar-refractivity contribution in [3.8, 4) is 0 Å². The Labute approximate surface area is 194 Å². The van der Waals surface area contributed by atoms with E-state index in [0.29, 0.717) is 16.1 Å². The first-order valence-electron chi connectivity index (χ1n) is 9.24. The van der Waals surface area contributed by atoms with Gasteiger partial charge in [0.25, 0.3) is 15.7 Å². The van der Waals surface area contributed by atoms with Crippen molar-refractivity contribution < 1.29 is 22.9 Å². The number of rotatable bonds is 8. The van der Waals surface area contributed by atoms with Crippen LogP contribution in [0.1, 0.15) is 15.9 Å². The molecule has 0 atom stereocenters. The molecule has 0 spiro atoms. The molecule has 0 amide bonds. The number of sulfonamides is 1. The highest BCUT2D eigenvalue weighted by Crippen LogP contribution is 2.28. The summed E-state index contributed by atoms with van der Waals surface area (Å²) in [4.78, 5) is 21.9. The number of carbonyl (C=O) groups excluding carboxylic acids is 1. The van der Waals surface area contributed by atoms with E-state index in [2.05, 4.69) is 20.0 Å². The van der Waals surface area contributed by atoms with Crippen LogP contribution in [0.3, 0.4) is 0 Å². The van der Waals surface area contributed by atoms with E-state index in [9.17, 15) is 23.3 Å². The fourth-order valence-electron chi connectivity index (χ4n) is 2.66. The number of nitrogens with zero attached hydrogens (tertiary/aromatic N) is 2. The van der Waals surface area contributed by atoms with Crippen molar-refractivity contribution in [3.05, 3.63) is 93.0 Å². The molecule has 0 heterocycles. The van der Waals surface area contributed by atoms with Crippen LogP contribution in [0.2, 0.25) is 5.02 Å². The molecule has 0 aliphatic heterocycles. The molecule has 0 fully saturated rings. The first-order chi connectivity index (χ1) is 15.7. The lowest BCUT2D eigenvalue weighted by Gasteiger charge is -2.09. The quantitative estimate of drug-likeness (QED) is 0.208. The largest absolute Gasteiger partial charge is 0.465 e. The van der Waals surface area contributed by atoms with Gasteiger partial charge < -0.3 is 4.74 Å². The van der Waals surface area contributed by atoms with E-state index in [1.165, 1.54) is 49.7 Å². The van der Waals surface area contributed by atoms with Crippen LogP contribution in [0.15, 0.2) is 76.7 Å². The molecule has 3 aromatic rings. The molecule has 0 bridgehead atoms. The molecule has 0 aliphatic carbocycles. The molecule has 0 radical (unpaired) electrons. The summed E-state index contributed by atoms with van der Waals surface area (Å²) < 4.78 is 32.2. The lowest BCUT2D eigenvalue weighted by atomic mass is 10.1. The second kappa shape index (κ2) is 10.1. The topological polar surface area (TPSA) is 140 Å². The Morgan fingerprint density at radius 2 is 1.76 bits per heavy atom. The molecule has 3 aromatic carbocycles. The molecule has 0 saturated carbocycles. The van der Waals surface area contributed by atoms with Crippen LogP contribution in [-0.2, 0) is 14.8 Å². The molecule has 0 saturated heterocycles. The van der Waals surface area contributed by atoms with Crippen molar-refractivity contribution in [2.45, 2.75) is 4.90 Å². The highest BCUT2D eigenvalue weighted by atomic mass is 35.5. The smallest absolute Gasteiger partial charge is 0.337 e. The number of hydrogen-bond donors (Lipinski definition) is 2. The summed E-state index contributed by atoms with van der Waals surface area (Å²) in [5.41, 5.74) is 3.28. The molecule has 12 heteroatoms. The summed E-state index contributed by atoms with van der Waals surface area (Å²) in [6, 6.07) is 15.7. The van der Waals surface area contributed by atoms with E-state index in [0.717, 1.165) is 6.07 Å². The van der Waals surface area contributed by atoms with Crippen LogP contribution >= 0.6 is 11.6 Å². The van der Waals surface area contributed by atoms with E-state index in [1.54, 1.807) is 24.3 Å². The fourth-order valence-corrected chi connectivity index (χ4v) is 3.86. The van der Waals surface area contributed by atoms with Crippen molar-refractivity contribution in [2.24, 2.45) is 5.10 Å². The van der Waals surface area contributed by atoms with Gasteiger partial charge >= 0.3 is 5.97 Å². The molecule has 170 valence electrons. The highest BCUT2D eigenvalue weighted by molar-refractivity contribution is 7.92. The zero-order valence-electron chi connectivity index (χ0n) is 17.1. The summed E-state index contributed by atoms with van der Waals surface area (Å²) in [5.74, 6) is -0.479. The minimum absolute atomic E-state index is 0.00660. The number of esters is 1. The molecule has 3 rings (SSSR count). The average Bonchev–Trinajstić information content (AvgIpc) is 2.80. The molecular formula is C21H17ClN4O6S. The van der Waals surface area contributed by atoms with Gasteiger partial charge in [0.2, 0.25) is 0 Å². The normalized spacial score (nSPS) is 11.2. The highest BCUT2D eigenvalue weighted by Gasteiger charge is 2.21. The zero-order valence-corrected chi connectivity index (χ0v) is 18.6. The van der Waals surface area contributed by atoms with Gasteiger partial charge in [-0.2, -0.15) is 5.10 Å². The number of carbonyl (C=O) groups is 1. The SMILES string of the molecule is COC(=O)c1ccc(/C=N/Nc2ccc(S(=O)(=O)Nc3ccc(Cl)cc3)cc2[N+](=O)[O-])cc1. The molecule has 2 N–H and O–H groups in total. The van der Waals surface area contributed by atoms with Crippen LogP contribution in [0.4, 0.5) is 17.1 Å². The third-order valence-electron chi connectivity index (χ3n) is 4.30. The third kappa shape index (κ3) is 6.05. The first-order valence-corrected chi connectivity index (χ1v) is 11.1. The summed E-state index contributed by atoms with van der Waals surface area (Å²) in [6.07, 6.45) is 1.39. The van der Waals surface area contributed by atoms with E-state index < -0.39 is 26.6 Å². The second-order valence-electron chi connectivity index (χ2n) is 6.53. The van der Waals surface area contributed by atoms with Gasteiger partial charge in [0.1, 0.15) is 5.69 Å². The Kier molecular flexibility index (Phi) is 7.26. The van der Waals surface area contributed by atoms with E-state index in [1.807, 2.05) is 0 Å². The van der Waals surface area contributed by atoms with E-state index in [-0.39, 0.29) is 16.3 Å². The number of halogens is 1. The van der Waals surface area contributed by atoms with Gasteiger partial charge in [-0.3, -0.25) is 20.3 Å². The zero-order chi connectivity index (χ0) is 24.0. The van der Waals surface area contributed by atoms with Crippen LogP contribution in [0.5, 0.6) is 0 Å². The standard InChI is InChI=1S/C21H17ClN4O6S/c1-32-21(27)15-4-2-14(3-5-15)13-23-24-19-11-10-18(12-20(19)26(28)29)33(30,31)25-17-8-6-16(22)7-9-17/h2-13,24-25H,1H3/b23-13+. The van der Waals surface area contributed by atoms with Gasteiger partial charge in [-0.1, -0.05) is 23.7 Å². The molecule has 10 nitrogen and oxygen atoms in total. The van der Waals surface area contributed by atoms with Gasteiger partial charge in [-0.05, 0) is 54.1 Å². The number of methoxy groups -OCH3 is 1. The van der Waals surface area contributed by atoms with Crippen molar-refractivity contribution in [1.82, 2.24) is 0 Å². The van der Waals surface area contributed by atoms with E-state index in [4.69, 9.17) is 11.6 Å². The van der Waals surface area contributed by atoms with Gasteiger partial charge in [0.05, 0.1) is 28.7 Å². The van der Waals surface area contributed by atoms with Crippen molar-refractivity contribution in [2.75, 3.05) is 17.3 Å². The Balaban J connectivity index is 1.78. The maximum Gasteiger partial charge on any atom is 0.337 e. The number of hydrogen-bond acceptors (Lipinski definition) is 8. The predicted molar refractivity (Wildman–Crippen MR) is 124 cm³/mol. The summed E-state index contributed by atoms with van der Waals surface area (Å²) in [7, 11) is -2.80. The van der Waals surface area contributed by atoms with Gasteiger partial charge in [-0.25, -0.2) is 13.2 Å². The number of nitrogens with one attached hydrogen (secondary N) is 2. The summed E-state index contributed by atoms with van der Waals surface area (Å²) in [6.45, 7) is 0. The number of nitro benzene ring substituents is 1. The van der Waals surface area contributed by atoms with Crippen LogP contribution in [0, 0.1) is 10.1 Å². The Morgan fingerprint density at radius 3 is 2.36 bits per heavy atom. The number of hydrazone groups is 1. The van der Waals surface area contributed by atoms with E-state index >= 15 is 0 Å². The lowest BCUT2D eigenvalue weighted by Crippen LogP contribution is -2.13. The lowest BCUT2D eigenvalue weighted by molar-refractivity contribution is -0.384. The molecule has 0 unspecified atom stereocenters. The third-order valence-corrected chi connectivity index (χ3v) is 5.93. The molecule has 0 aromatic heterocycles. The fraction of sp³-hybridized carbons (Fsp3) is 0.0476. The van der Waals surface area contributed by atoms with Crippen LogP contribution in [0.25, 0.3) is 0 Å². The van der Waals surface area contributed by atoms with Crippen molar-refractivity contribution in [1.29, 1.82) is 0 Å². The number of ether oxygens (including phenoxy) is 1. The average molecular weight is 489 g/mol. The minimum atomic E-state index is -4.08. The van der Waals surface area contributed by atoms with Gasteiger partial charge in [0.15, 0.2) is 0 Å². The van der Waals surface area contributed by atoms with Gasteiger partial charge in [-0.15, -0.1) is 0 Å². The Bertz CT molecular complexity index is 1310.